The van der Waals surface area contributed by atoms with Crippen molar-refractivity contribution in [1.82, 2.24) is 4.90 Å². The van der Waals surface area contributed by atoms with Gasteiger partial charge in [0.25, 0.3) is 0 Å². The smallest absolute Gasteiger partial charge is 0.238 e. The fourth-order valence-corrected chi connectivity index (χ4v) is 3.53. The second kappa shape index (κ2) is 8.22. The summed E-state index contributed by atoms with van der Waals surface area (Å²) in [5.74, 6) is -2.47. The highest BCUT2D eigenvalue weighted by Crippen LogP contribution is 2.29. The molecule has 0 spiro atoms. The zero-order chi connectivity index (χ0) is 20.3. The lowest BCUT2D eigenvalue weighted by atomic mass is 10.2. The number of hydrogen-bond donors (Lipinski definition) is 1. The zero-order valence-corrected chi connectivity index (χ0v) is 15.5. The summed E-state index contributed by atoms with van der Waals surface area (Å²) in [5, 5.41) is 13.0. The molecule has 2 amide bonds. The van der Waals surface area contributed by atoms with Gasteiger partial charge in [-0.2, -0.15) is 0 Å². The molecule has 2 aromatic rings. The lowest BCUT2D eigenvalue weighted by Gasteiger charge is -2.28. The normalized spacial score (nSPS) is 18.2. The maximum atomic E-state index is 13.4. The number of carboxylic acid groups (broad SMARTS) is 1. The van der Waals surface area contributed by atoms with E-state index in [-0.39, 0.29) is 23.1 Å². The lowest BCUT2D eigenvalue weighted by Crippen LogP contribution is -2.43. The molecule has 1 aliphatic heterocycles. The van der Waals surface area contributed by atoms with Gasteiger partial charge in [-0.25, -0.2) is 9.38 Å². The Balaban J connectivity index is 1.75. The van der Waals surface area contributed by atoms with Crippen molar-refractivity contribution in [2.75, 3.05) is 12.4 Å². The van der Waals surface area contributed by atoms with Crippen LogP contribution in [0.3, 0.4) is 0 Å². The van der Waals surface area contributed by atoms with Gasteiger partial charge < -0.3 is 15.2 Å². The van der Waals surface area contributed by atoms with Crippen molar-refractivity contribution >= 4 is 46.1 Å². The Morgan fingerprint density at radius 2 is 1.96 bits per heavy atom. The fraction of sp³-hybridized carbons (Fsp3) is 0.158. The molecule has 0 aromatic heterocycles. The molecule has 7 nitrogen and oxygen atoms in total. The number of nitrogens with one attached hydrogen (secondary N) is 1. The molecule has 2 aromatic carbocycles. The molecule has 3 rings (SSSR count). The average Bonchev–Trinajstić information content (AvgIpc) is 2.65. The fourth-order valence-electron chi connectivity index (χ4n) is 2.47. The first-order chi connectivity index (χ1) is 13.3. The highest BCUT2D eigenvalue weighted by molar-refractivity contribution is 8.15. The minimum atomic E-state index is -1.31. The van der Waals surface area contributed by atoms with Gasteiger partial charge in [-0.3, -0.25) is 14.5 Å². The van der Waals surface area contributed by atoms with E-state index in [0.29, 0.717) is 11.4 Å². The molecule has 0 radical (unpaired) electrons. The summed E-state index contributed by atoms with van der Waals surface area (Å²) in [6.07, 6.45) is -0.0215. The van der Waals surface area contributed by atoms with Crippen LogP contribution in [-0.4, -0.2) is 40.1 Å². The standard InChI is InChI=1S/C19H16FN3O4S/c1-23-16(24)10-15(28-19(23)22-14-4-2-3-12(20)9-14)17(25)21-13-7-5-11(6-8-13)18(26)27/h2-9,15H,10H2,1H3,(H,21,25)(H,26,27)/p-1/t15-/m1/s1. The van der Waals surface area contributed by atoms with Crippen molar-refractivity contribution in [3.05, 3.63) is 59.9 Å². The number of amidine groups is 1. The highest BCUT2D eigenvalue weighted by atomic mass is 32.2. The van der Waals surface area contributed by atoms with Gasteiger partial charge in [-0.1, -0.05) is 30.0 Å². The van der Waals surface area contributed by atoms with Crippen LogP contribution >= 0.6 is 11.8 Å². The van der Waals surface area contributed by atoms with E-state index in [1.54, 1.807) is 13.1 Å². The number of benzene rings is 2. The monoisotopic (exact) mass is 400 g/mol. The van der Waals surface area contributed by atoms with Crippen LogP contribution in [0, 0.1) is 5.82 Å². The van der Waals surface area contributed by atoms with Crippen molar-refractivity contribution in [3.8, 4) is 0 Å². The number of halogens is 1. The third kappa shape index (κ3) is 4.55. The van der Waals surface area contributed by atoms with Gasteiger partial charge in [-0.05, 0) is 35.9 Å². The summed E-state index contributed by atoms with van der Waals surface area (Å²) < 4.78 is 13.4. The molecule has 1 heterocycles. The quantitative estimate of drug-likeness (QED) is 0.843. The minimum Gasteiger partial charge on any atom is -0.545 e. The summed E-state index contributed by atoms with van der Waals surface area (Å²) in [6.45, 7) is 0. The topological polar surface area (TPSA) is 102 Å². The van der Waals surface area contributed by atoms with E-state index >= 15 is 0 Å². The number of aliphatic imine (C=N–C) groups is 1. The molecule has 1 aliphatic rings. The van der Waals surface area contributed by atoms with Crippen molar-refractivity contribution in [2.24, 2.45) is 4.99 Å². The summed E-state index contributed by atoms with van der Waals surface area (Å²) in [7, 11) is 1.54. The van der Waals surface area contributed by atoms with Crippen LogP contribution in [0.5, 0.6) is 0 Å². The van der Waals surface area contributed by atoms with Crippen molar-refractivity contribution in [2.45, 2.75) is 11.7 Å². The van der Waals surface area contributed by atoms with Gasteiger partial charge in [-0.15, -0.1) is 0 Å². The van der Waals surface area contributed by atoms with Gasteiger partial charge in [0.15, 0.2) is 5.17 Å². The van der Waals surface area contributed by atoms with Crippen LogP contribution < -0.4 is 10.4 Å². The van der Waals surface area contributed by atoms with Crippen molar-refractivity contribution < 1.29 is 23.9 Å². The van der Waals surface area contributed by atoms with Crippen LogP contribution in [0.25, 0.3) is 0 Å². The second-order valence-electron chi connectivity index (χ2n) is 5.99. The molecule has 9 heteroatoms. The second-order valence-corrected chi connectivity index (χ2v) is 7.16. The summed E-state index contributed by atoms with van der Waals surface area (Å²) in [5.41, 5.74) is 0.720. The number of nitrogens with zero attached hydrogens (tertiary/aromatic N) is 2. The summed E-state index contributed by atoms with van der Waals surface area (Å²) >= 11 is 1.10. The predicted octanol–water partition coefficient (Wildman–Crippen LogP) is 1.78. The number of carbonyl (C=O) groups excluding carboxylic acids is 3. The molecular weight excluding hydrogens is 385 g/mol. The van der Waals surface area contributed by atoms with E-state index in [4.69, 9.17) is 0 Å². The molecule has 0 saturated carbocycles. The van der Waals surface area contributed by atoms with Crippen molar-refractivity contribution in [1.29, 1.82) is 0 Å². The molecule has 1 N–H and O–H groups in total. The number of hydrogen-bond acceptors (Lipinski definition) is 6. The number of anilines is 1. The van der Waals surface area contributed by atoms with Crippen LogP contribution in [-0.2, 0) is 9.59 Å². The minimum absolute atomic E-state index is 0.00800. The number of aromatic carboxylic acids is 1. The Labute approximate surface area is 164 Å². The predicted molar refractivity (Wildman–Crippen MR) is 102 cm³/mol. The third-order valence-electron chi connectivity index (χ3n) is 3.98. The third-order valence-corrected chi connectivity index (χ3v) is 5.22. The molecule has 0 aliphatic carbocycles. The first-order valence-corrected chi connectivity index (χ1v) is 9.11. The number of amides is 2. The summed E-state index contributed by atoms with van der Waals surface area (Å²) in [6, 6.07) is 11.1. The molecule has 28 heavy (non-hydrogen) atoms. The molecule has 1 saturated heterocycles. The SMILES string of the molecule is CN1C(=O)C[C@H](C(=O)Nc2ccc(C(=O)[O-])cc2)SC1=Nc1cccc(F)c1. The van der Waals surface area contributed by atoms with E-state index in [0.717, 1.165) is 11.8 Å². The largest absolute Gasteiger partial charge is 0.545 e. The van der Waals surface area contributed by atoms with E-state index in [1.807, 2.05) is 0 Å². The highest BCUT2D eigenvalue weighted by Gasteiger charge is 2.34. The maximum Gasteiger partial charge on any atom is 0.238 e. The van der Waals surface area contributed by atoms with Crippen LogP contribution in [0.15, 0.2) is 53.5 Å². The Kier molecular flexibility index (Phi) is 5.74. The molecule has 0 bridgehead atoms. The molecule has 144 valence electrons. The first-order valence-electron chi connectivity index (χ1n) is 8.23. The van der Waals surface area contributed by atoms with E-state index in [1.165, 1.54) is 47.4 Å². The lowest BCUT2D eigenvalue weighted by molar-refractivity contribution is -0.255. The van der Waals surface area contributed by atoms with E-state index in [9.17, 15) is 23.9 Å². The number of thioether (sulfide) groups is 1. The van der Waals surface area contributed by atoms with Crippen molar-refractivity contribution in [3.63, 3.8) is 0 Å². The number of carboxylic acids is 1. The van der Waals surface area contributed by atoms with Gasteiger partial charge in [0, 0.05) is 19.2 Å². The Hall–Kier alpha value is -3.20. The van der Waals surface area contributed by atoms with Gasteiger partial charge in [0.1, 0.15) is 11.1 Å². The van der Waals surface area contributed by atoms with Gasteiger partial charge >= 0.3 is 0 Å². The van der Waals surface area contributed by atoms with E-state index < -0.39 is 22.9 Å². The molecular formula is C19H15FN3O4S-. The first kappa shape index (κ1) is 19.6. The number of rotatable bonds is 4. The number of carbonyl (C=O) groups is 3. The zero-order valence-electron chi connectivity index (χ0n) is 14.7. The molecule has 1 fully saturated rings. The van der Waals surface area contributed by atoms with Gasteiger partial charge in [0.05, 0.1) is 11.7 Å². The Bertz CT molecular complexity index is 962. The Morgan fingerprint density at radius 3 is 2.61 bits per heavy atom. The molecule has 0 unspecified atom stereocenters. The molecule has 1 atom stereocenters. The average molecular weight is 400 g/mol. The maximum absolute atomic E-state index is 13.4. The Morgan fingerprint density at radius 1 is 1.25 bits per heavy atom. The van der Waals surface area contributed by atoms with Gasteiger partial charge in [0.2, 0.25) is 11.8 Å². The van der Waals surface area contributed by atoms with Crippen LogP contribution in [0.4, 0.5) is 15.8 Å². The summed E-state index contributed by atoms with van der Waals surface area (Å²) in [4.78, 5) is 41.2. The van der Waals surface area contributed by atoms with Crippen LogP contribution in [0.2, 0.25) is 0 Å². The van der Waals surface area contributed by atoms with Crippen LogP contribution in [0.1, 0.15) is 16.8 Å². The van der Waals surface area contributed by atoms with E-state index in [2.05, 4.69) is 10.3 Å².